The van der Waals surface area contributed by atoms with E-state index >= 15 is 0 Å². The molecule has 7 nitrogen and oxygen atoms in total. The summed E-state index contributed by atoms with van der Waals surface area (Å²) in [6.07, 6.45) is 3.77. The van der Waals surface area contributed by atoms with Crippen molar-refractivity contribution >= 4 is 44.7 Å². The Bertz CT molecular complexity index is 963. The van der Waals surface area contributed by atoms with E-state index in [1.807, 2.05) is 24.0 Å². The Hall–Kier alpha value is -1.97. The number of aryl methyl sites for hydroxylation is 1. The molecule has 3 N–H and O–H groups in total. The molecule has 0 fully saturated rings. The van der Waals surface area contributed by atoms with Crippen molar-refractivity contribution in [2.45, 2.75) is 33.0 Å². The van der Waals surface area contributed by atoms with Gasteiger partial charge in [0.15, 0.2) is 10.9 Å². The highest BCUT2D eigenvalue weighted by Gasteiger charge is 2.24. The molecule has 0 radical (unpaired) electrons. The lowest BCUT2D eigenvalue weighted by Gasteiger charge is -2.31. The molecule has 4 rings (SSSR count). The monoisotopic (exact) mass is 433 g/mol. The SMILES string of the molecule is Cc1nc2ccc(Br)cn2c1CNC(C)CN1C(=S)NCc2[nH]cnc21. The normalized spacial score (nSPS) is 15.2. The number of anilines is 1. The summed E-state index contributed by atoms with van der Waals surface area (Å²) in [5.41, 5.74) is 4.21. The van der Waals surface area contributed by atoms with Crippen LogP contribution < -0.4 is 15.5 Å². The molecule has 0 saturated carbocycles. The lowest BCUT2D eigenvalue weighted by atomic mass is 10.2. The number of pyridine rings is 1. The van der Waals surface area contributed by atoms with Crippen LogP contribution in [0.4, 0.5) is 5.82 Å². The summed E-state index contributed by atoms with van der Waals surface area (Å²) < 4.78 is 3.16. The maximum absolute atomic E-state index is 5.46. The number of aromatic nitrogens is 4. The van der Waals surface area contributed by atoms with E-state index in [0.29, 0.717) is 11.7 Å². The Morgan fingerprint density at radius 1 is 1.42 bits per heavy atom. The van der Waals surface area contributed by atoms with Gasteiger partial charge in [-0.25, -0.2) is 9.97 Å². The fourth-order valence-corrected chi connectivity index (χ4v) is 3.78. The third-order valence-corrected chi connectivity index (χ3v) is 5.40. The second-order valence-corrected chi connectivity index (χ2v) is 7.78. The summed E-state index contributed by atoms with van der Waals surface area (Å²) >= 11 is 9.00. The van der Waals surface area contributed by atoms with Crippen LogP contribution in [-0.2, 0) is 13.1 Å². The van der Waals surface area contributed by atoms with Crippen LogP contribution in [0, 0.1) is 6.92 Å². The lowest BCUT2D eigenvalue weighted by molar-refractivity contribution is 0.542. The van der Waals surface area contributed by atoms with E-state index in [4.69, 9.17) is 12.2 Å². The first-order valence-electron chi connectivity index (χ1n) is 8.47. The summed E-state index contributed by atoms with van der Waals surface area (Å²) in [6.45, 7) is 6.36. The fourth-order valence-electron chi connectivity index (χ4n) is 3.21. The van der Waals surface area contributed by atoms with Gasteiger partial charge in [-0.05, 0) is 54.1 Å². The molecule has 9 heteroatoms. The first-order chi connectivity index (χ1) is 12.5. The van der Waals surface area contributed by atoms with Crippen molar-refractivity contribution in [3.63, 3.8) is 0 Å². The molecule has 26 heavy (non-hydrogen) atoms. The average Bonchev–Trinajstić information content (AvgIpc) is 3.19. The van der Waals surface area contributed by atoms with Gasteiger partial charge in [0.1, 0.15) is 5.65 Å². The van der Waals surface area contributed by atoms with Crippen LogP contribution in [0.5, 0.6) is 0 Å². The number of imidazole rings is 2. The molecule has 1 aliphatic rings. The lowest BCUT2D eigenvalue weighted by Crippen LogP contribution is -2.49. The number of rotatable bonds is 5. The summed E-state index contributed by atoms with van der Waals surface area (Å²) in [6, 6.07) is 4.24. The summed E-state index contributed by atoms with van der Waals surface area (Å²) in [4.78, 5) is 14.2. The van der Waals surface area contributed by atoms with Gasteiger partial charge in [-0.1, -0.05) is 0 Å². The van der Waals surface area contributed by atoms with E-state index in [9.17, 15) is 0 Å². The number of fused-ring (bicyclic) bond motifs is 2. The van der Waals surface area contributed by atoms with Gasteiger partial charge in [-0.3, -0.25) is 0 Å². The van der Waals surface area contributed by atoms with E-state index in [-0.39, 0.29) is 6.04 Å². The highest BCUT2D eigenvalue weighted by atomic mass is 79.9. The maximum atomic E-state index is 5.46. The molecule has 1 aliphatic heterocycles. The number of halogens is 1. The van der Waals surface area contributed by atoms with Gasteiger partial charge >= 0.3 is 0 Å². The van der Waals surface area contributed by atoms with Crippen molar-refractivity contribution in [3.8, 4) is 0 Å². The van der Waals surface area contributed by atoms with Gasteiger partial charge in [0.2, 0.25) is 0 Å². The minimum absolute atomic E-state index is 0.217. The highest BCUT2D eigenvalue weighted by Crippen LogP contribution is 2.21. The Kier molecular flexibility index (Phi) is 4.68. The topological polar surface area (TPSA) is 73.3 Å². The van der Waals surface area contributed by atoms with Crippen LogP contribution in [0.25, 0.3) is 5.65 Å². The summed E-state index contributed by atoms with van der Waals surface area (Å²) in [5.74, 6) is 0.914. The Balaban J connectivity index is 1.47. The summed E-state index contributed by atoms with van der Waals surface area (Å²) in [7, 11) is 0. The third-order valence-electron chi connectivity index (χ3n) is 4.57. The predicted octanol–water partition coefficient (Wildman–Crippen LogP) is 2.50. The smallest absolute Gasteiger partial charge is 0.175 e. The van der Waals surface area contributed by atoms with Crippen LogP contribution in [0.15, 0.2) is 29.1 Å². The fraction of sp³-hybridized carbons (Fsp3) is 0.353. The van der Waals surface area contributed by atoms with Gasteiger partial charge in [0, 0.05) is 29.8 Å². The molecule has 4 heterocycles. The van der Waals surface area contributed by atoms with Crippen LogP contribution in [0.2, 0.25) is 0 Å². The minimum atomic E-state index is 0.217. The Morgan fingerprint density at radius 3 is 3.12 bits per heavy atom. The molecular formula is C17H20BrN7S. The number of hydrogen-bond acceptors (Lipinski definition) is 4. The number of hydrogen-bond donors (Lipinski definition) is 3. The van der Waals surface area contributed by atoms with E-state index in [1.165, 1.54) is 0 Å². The van der Waals surface area contributed by atoms with Crippen LogP contribution in [-0.4, -0.2) is 37.1 Å². The van der Waals surface area contributed by atoms with Gasteiger partial charge in [-0.2, -0.15) is 0 Å². The molecule has 1 unspecified atom stereocenters. The molecule has 136 valence electrons. The van der Waals surface area contributed by atoms with E-state index in [2.05, 4.69) is 59.0 Å². The molecule has 0 aromatic carbocycles. The van der Waals surface area contributed by atoms with Crippen molar-refractivity contribution in [1.29, 1.82) is 0 Å². The molecule has 0 spiro atoms. The molecule has 0 amide bonds. The quantitative estimate of drug-likeness (QED) is 0.536. The average molecular weight is 434 g/mol. The second-order valence-electron chi connectivity index (χ2n) is 6.48. The number of aromatic amines is 1. The summed E-state index contributed by atoms with van der Waals surface area (Å²) in [5, 5.41) is 7.53. The van der Waals surface area contributed by atoms with Crippen molar-refractivity contribution in [1.82, 2.24) is 30.0 Å². The van der Waals surface area contributed by atoms with Crippen molar-refractivity contribution in [3.05, 3.63) is 46.2 Å². The Labute approximate surface area is 165 Å². The van der Waals surface area contributed by atoms with Gasteiger partial charge in [0.05, 0.1) is 30.0 Å². The zero-order chi connectivity index (χ0) is 18.3. The molecule has 3 aromatic heterocycles. The molecule has 0 bridgehead atoms. The molecule has 0 saturated heterocycles. The number of nitrogens with zero attached hydrogens (tertiary/aromatic N) is 4. The first-order valence-corrected chi connectivity index (χ1v) is 9.67. The van der Waals surface area contributed by atoms with Crippen LogP contribution in [0.3, 0.4) is 0 Å². The zero-order valence-electron chi connectivity index (χ0n) is 14.6. The molecule has 0 aliphatic carbocycles. The largest absolute Gasteiger partial charge is 0.357 e. The van der Waals surface area contributed by atoms with Crippen molar-refractivity contribution in [2.75, 3.05) is 11.4 Å². The molecule has 3 aromatic rings. The van der Waals surface area contributed by atoms with E-state index in [1.54, 1.807) is 6.33 Å². The van der Waals surface area contributed by atoms with E-state index in [0.717, 1.165) is 46.1 Å². The van der Waals surface area contributed by atoms with Gasteiger partial charge in [-0.15, -0.1) is 0 Å². The second kappa shape index (κ2) is 6.98. The number of H-pyrrole nitrogens is 1. The Morgan fingerprint density at radius 2 is 2.27 bits per heavy atom. The molecular weight excluding hydrogens is 414 g/mol. The zero-order valence-corrected chi connectivity index (χ0v) is 17.0. The third kappa shape index (κ3) is 3.22. The van der Waals surface area contributed by atoms with Gasteiger partial charge < -0.3 is 24.9 Å². The predicted molar refractivity (Wildman–Crippen MR) is 109 cm³/mol. The van der Waals surface area contributed by atoms with E-state index < -0.39 is 0 Å². The standard InChI is InChI=1S/C17H20BrN7S/c1-10(7-25-16-13(21-9-22-16)5-20-17(25)26)19-6-14-11(2)23-15-4-3-12(18)8-24(14)15/h3-4,8-10,19H,5-7H2,1-2H3,(H,20,26)(H,21,22). The van der Waals surface area contributed by atoms with Crippen molar-refractivity contribution < 1.29 is 0 Å². The number of thiocarbonyl (C=S) groups is 1. The maximum Gasteiger partial charge on any atom is 0.175 e. The minimum Gasteiger partial charge on any atom is -0.357 e. The number of nitrogens with one attached hydrogen (secondary N) is 3. The van der Waals surface area contributed by atoms with Gasteiger partial charge in [0.25, 0.3) is 0 Å². The molecule has 1 atom stereocenters. The van der Waals surface area contributed by atoms with Crippen molar-refractivity contribution in [2.24, 2.45) is 0 Å². The van der Waals surface area contributed by atoms with Crippen LogP contribution >= 0.6 is 28.1 Å². The highest BCUT2D eigenvalue weighted by molar-refractivity contribution is 9.10. The van der Waals surface area contributed by atoms with Crippen LogP contribution in [0.1, 0.15) is 24.0 Å². The first kappa shape index (κ1) is 17.4.